The largest absolute Gasteiger partial charge is 0.378 e. The Labute approximate surface area is 249 Å². The van der Waals surface area contributed by atoms with Crippen molar-refractivity contribution < 1.29 is 9.13 Å². The van der Waals surface area contributed by atoms with E-state index >= 15 is 4.39 Å². The van der Waals surface area contributed by atoms with Crippen LogP contribution in [0.15, 0.2) is 53.5 Å². The van der Waals surface area contributed by atoms with Gasteiger partial charge in [0.1, 0.15) is 5.65 Å². The first kappa shape index (κ1) is 29.9. The molecule has 4 aromatic rings. The molecule has 0 amide bonds. The topological polar surface area (TPSA) is 134 Å². The monoisotopic (exact) mass is 593 g/mol. The first-order valence-corrected chi connectivity index (χ1v) is 14.6. The van der Waals surface area contributed by atoms with Crippen molar-refractivity contribution in [3.05, 3.63) is 81.1 Å². The molecular weight excluding hydrogens is 557 g/mol. The zero-order chi connectivity index (χ0) is 29.8. The average Bonchev–Trinajstić information content (AvgIpc) is 3.37. The van der Waals surface area contributed by atoms with Crippen LogP contribution < -0.4 is 22.1 Å². The molecule has 42 heavy (non-hydrogen) atoms. The molecule has 9 nitrogen and oxygen atoms in total. The van der Waals surface area contributed by atoms with Crippen LogP contribution in [-0.2, 0) is 11.2 Å². The number of nitrogens with one attached hydrogen (secondary N) is 4. The van der Waals surface area contributed by atoms with Crippen LogP contribution in [0, 0.1) is 11.2 Å². The molecule has 11 heteroatoms. The molecule has 1 fully saturated rings. The van der Waals surface area contributed by atoms with Gasteiger partial charge in [0.15, 0.2) is 5.82 Å². The van der Waals surface area contributed by atoms with Crippen molar-refractivity contribution >= 4 is 28.5 Å². The number of aryl methyl sites for hydroxylation is 1. The number of aromatic amines is 1. The Kier molecular flexibility index (Phi) is 9.37. The number of aromatic nitrogens is 3. The fourth-order valence-corrected chi connectivity index (χ4v) is 5.55. The van der Waals surface area contributed by atoms with Crippen LogP contribution in [0.1, 0.15) is 50.3 Å². The van der Waals surface area contributed by atoms with E-state index in [9.17, 15) is 4.79 Å². The second kappa shape index (κ2) is 13.2. The summed E-state index contributed by atoms with van der Waals surface area (Å²) < 4.78 is 22.4. The van der Waals surface area contributed by atoms with Gasteiger partial charge in [0.05, 0.1) is 41.5 Å². The van der Waals surface area contributed by atoms with Crippen molar-refractivity contribution in [1.29, 1.82) is 5.41 Å². The molecule has 2 aromatic heterocycles. The third-order valence-electron chi connectivity index (χ3n) is 7.51. The second-order valence-corrected chi connectivity index (χ2v) is 11.5. The summed E-state index contributed by atoms with van der Waals surface area (Å²) in [4.78, 5) is 20.3. The van der Waals surface area contributed by atoms with E-state index in [1.54, 1.807) is 31.3 Å². The van der Waals surface area contributed by atoms with Gasteiger partial charge in [-0.25, -0.2) is 9.18 Å². The highest BCUT2D eigenvalue weighted by molar-refractivity contribution is 6.31. The lowest BCUT2D eigenvalue weighted by Gasteiger charge is -2.31. The van der Waals surface area contributed by atoms with E-state index in [0.717, 1.165) is 36.8 Å². The number of rotatable bonds is 10. The third kappa shape index (κ3) is 7.07. The minimum Gasteiger partial charge on any atom is -0.378 e. The van der Waals surface area contributed by atoms with Crippen molar-refractivity contribution in [3.63, 3.8) is 0 Å². The normalized spacial score (nSPS) is 17.8. The highest BCUT2D eigenvalue weighted by atomic mass is 35.5. The fourth-order valence-electron chi connectivity index (χ4n) is 5.31. The van der Waals surface area contributed by atoms with Gasteiger partial charge in [0.2, 0.25) is 0 Å². The molecule has 3 heterocycles. The maximum Gasteiger partial charge on any atom is 0.354 e. The average molecular weight is 594 g/mol. The van der Waals surface area contributed by atoms with Gasteiger partial charge in [-0.1, -0.05) is 23.7 Å². The lowest BCUT2D eigenvalue weighted by molar-refractivity contribution is 0.0431. The van der Waals surface area contributed by atoms with Crippen LogP contribution in [-0.4, -0.2) is 52.2 Å². The lowest BCUT2D eigenvalue weighted by atomic mass is 10.0. The Morgan fingerprint density at radius 1 is 1.29 bits per heavy atom. The van der Waals surface area contributed by atoms with Gasteiger partial charge < -0.3 is 26.1 Å². The van der Waals surface area contributed by atoms with E-state index in [2.05, 4.69) is 20.6 Å². The summed E-state index contributed by atoms with van der Waals surface area (Å²) in [5.74, 6) is -0.0687. The maximum atomic E-state index is 15.1. The summed E-state index contributed by atoms with van der Waals surface area (Å²) in [6, 6.07) is 13.3. The molecule has 222 valence electrons. The Balaban J connectivity index is 1.35. The molecule has 1 aliphatic rings. The van der Waals surface area contributed by atoms with Crippen LogP contribution in [0.4, 0.5) is 4.39 Å². The molecule has 0 unspecified atom stereocenters. The fraction of sp³-hybridized carbons (Fsp3) is 0.387. The number of nitrogens with zero attached hydrogens (tertiary/aromatic N) is 2. The third-order valence-corrected chi connectivity index (χ3v) is 7.78. The van der Waals surface area contributed by atoms with Gasteiger partial charge in [-0.05, 0) is 81.0 Å². The number of ether oxygens (including phenoxy) is 1. The number of nitrogens with two attached hydrogens (primary N) is 1. The standard InChI is InChI=1S/C31H37ClFN7O2/c1-18(34)4-3-5-20-12-25(29(33)26(32)13-20)27-14-22-15-40(31(41)39-30(22)38-27)24-8-6-21(7-9-24)28-17-42-16-23(37-28)10-11-36-19(2)35/h6-9,12-15,18,23,28,37H,3-5,10-11,16-17,34H2,1-2H3,(H2,35,36)(H,38,39,41)/t18-,23+,28-/m0/s1. The van der Waals surface area contributed by atoms with E-state index < -0.39 is 11.5 Å². The summed E-state index contributed by atoms with van der Waals surface area (Å²) in [7, 11) is 0. The van der Waals surface area contributed by atoms with E-state index in [0.29, 0.717) is 53.6 Å². The molecule has 0 spiro atoms. The van der Waals surface area contributed by atoms with Crippen LogP contribution in [0.3, 0.4) is 0 Å². The molecule has 1 aliphatic heterocycles. The number of amidine groups is 1. The summed E-state index contributed by atoms with van der Waals surface area (Å²) in [5.41, 5.74) is 9.29. The summed E-state index contributed by atoms with van der Waals surface area (Å²) in [6.45, 7) is 5.58. The summed E-state index contributed by atoms with van der Waals surface area (Å²) in [5, 5.41) is 14.9. The van der Waals surface area contributed by atoms with Crippen molar-refractivity contribution in [2.75, 3.05) is 19.8 Å². The summed E-state index contributed by atoms with van der Waals surface area (Å²) in [6.07, 6.45) is 5.03. The minimum absolute atomic E-state index is 0.0274. The second-order valence-electron chi connectivity index (χ2n) is 11.1. The predicted octanol–water partition coefficient (Wildman–Crippen LogP) is 4.85. The van der Waals surface area contributed by atoms with Crippen LogP contribution in [0.25, 0.3) is 28.0 Å². The molecule has 0 bridgehead atoms. The minimum atomic E-state index is -0.520. The van der Waals surface area contributed by atoms with Gasteiger partial charge in [0.25, 0.3) is 0 Å². The van der Waals surface area contributed by atoms with E-state index in [-0.39, 0.29) is 23.1 Å². The number of hydrogen-bond acceptors (Lipinski definition) is 6. The zero-order valence-electron chi connectivity index (χ0n) is 23.8. The van der Waals surface area contributed by atoms with Crippen LogP contribution in [0.5, 0.6) is 0 Å². The van der Waals surface area contributed by atoms with Crippen molar-refractivity contribution in [1.82, 2.24) is 25.2 Å². The molecule has 6 N–H and O–H groups in total. The van der Waals surface area contributed by atoms with Crippen LogP contribution in [0.2, 0.25) is 5.02 Å². The molecule has 0 saturated carbocycles. The zero-order valence-corrected chi connectivity index (χ0v) is 24.6. The van der Waals surface area contributed by atoms with Crippen LogP contribution >= 0.6 is 11.6 Å². The number of H-pyrrole nitrogens is 1. The van der Waals surface area contributed by atoms with Gasteiger partial charge in [-0.15, -0.1) is 0 Å². The molecule has 0 radical (unpaired) electrons. The maximum absolute atomic E-state index is 15.1. The molecule has 1 saturated heterocycles. The van der Waals surface area contributed by atoms with Crippen molar-refractivity contribution in [2.45, 2.75) is 57.7 Å². The highest BCUT2D eigenvalue weighted by Gasteiger charge is 2.23. The Bertz CT molecular complexity index is 1620. The number of halogens is 2. The van der Waals surface area contributed by atoms with Crippen molar-refractivity contribution in [3.8, 4) is 16.9 Å². The quantitative estimate of drug-likeness (QED) is 0.132. The summed E-state index contributed by atoms with van der Waals surface area (Å²) >= 11 is 6.24. The van der Waals surface area contributed by atoms with Gasteiger partial charge in [-0.3, -0.25) is 9.98 Å². The van der Waals surface area contributed by atoms with E-state index in [1.165, 1.54) is 4.57 Å². The van der Waals surface area contributed by atoms with Gasteiger partial charge in [0, 0.05) is 35.8 Å². The SMILES string of the molecule is CC(=N)NCC[C@@H]1COC[C@@H](c2ccc(-n3cc4cc(-c5cc(CCC[C@H](C)N)cc(Cl)c5F)[nH]c4nc3=O)cc2)N1. The molecule has 0 aliphatic carbocycles. The predicted molar refractivity (Wildman–Crippen MR) is 165 cm³/mol. The highest BCUT2D eigenvalue weighted by Crippen LogP contribution is 2.31. The lowest BCUT2D eigenvalue weighted by Crippen LogP contribution is -2.45. The van der Waals surface area contributed by atoms with E-state index in [4.69, 9.17) is 27.5 Å². The van der Waals surface area contributed by atoms with Gasteiger partial charge >= 0.3 is 5.69 Å². The Hall–Kier alpha value is -3.57. The van der Waals surface area contributed by atoms with E-state index in [1.807, 2.05) is 31.2 Å². The first-order valence-electron chi connectivity index (χ1n) is 14.3. The number of benzene rings is 2. The van der Waals surface area contributed by atoms with Gasteiger partial charge in [-0.2, -0.15) is 4.98 Å². The first-order chi connectivity index (χ1) is 20.2. The molecule has 5 rings (SSSR count). The van der Waals surface area contributed by atoms with Crippen molar-refractivity contribution in [2.24, 2.45) is 5.73 Å². The number of morpholine rings is 1. The Morgan fingerprint density at radius 2 is 2.07 bits per heavy atom. The molecule has 2 aromatic carbocycles. The Morgan fingerprint density at radius 3 is 2.81 bits per heavy atom. The molecular formula is C31H37ClFN7O2. The molecule has 3 atom stereocenters. The smallest absolute Gasteiger partial charge is 0.354 e. The number of hydrogen-bond donors (Lipinski definition) is 5. The number of fused-ring (bicyclic) bond motifs is 1.